The third-order valence-electron chi connectivity index (χ3n) is 6.12. The fraction of sp³-hybridized carbons (Fsp3) is 0.579. The van der Waals surface area contributed by atoms with Crippen molar-refractivity contribution in [2.45, 2.75) is 43.9 Å². The van der Waals surface area contributed by atoms with Crippen molar-refractivity contribution in [2.75, 3.05) is 13.7 Å². The van der Waals surface area contributed by atoms with Gasteiger partial charge in [-0.05, 0) is 55.6 Å². The minimum absolute atomic E-state index is 0.143. The summed E-state index contributed by atoms with van der Waals surface area (Å²) in [4.78, 5) is 24.1. The number of ether oxygens (including phenoxy) is 1. The van der Waals surface area contributed by atoms with E-state index in [1.54, 1.807) is 0 Å². The van der Waals surface area contributed by atoms with Crippen LogP contribution in [-0.2, 0) is 26.2 Å². The van der Waals surface area contributed by atoms with Gasteiger partial charge in [-0.25, -0.2) is 0 Å². The minimum Gasteiger partial charge on any atom is -0.468 e. The Kier molecular flexibility index (Phi) is 3.26. The molecular weight excluding hydrogens is 290 g/mol. The van der Waals surface area contributed by atoms with Gasteiger partial charge in [-0.1, -0.05) is 24.3 Å². The van der Waals surface area contributed by atoms with Crippen molar-refractivity contribution < 1.29 is 14.3 Å². The quantitative estimate of drug-likeness (QED) is 0.686. The predicted molar refractivity (Wildman–Crippen MR) is 85.9 cm³/mol. The standard InChI is InChI=1S/C19H23NO3/c1-23-17(22)18(9-10-18)16(21)20-12-14-11-19(14)8-4-6-13-5-2-3-7-15(13)19/h2-3,5,7,14H,4,6,8-12H2,1H3,(H,20,21). The first-order valence-corrected chi connectivity index (χ1v) is 8.57. The summed E-state index contributed by atoms with van der Waals surface area (Å²) in [5.41, 5.74) is 2.34. The summed E-state index contributed by atoms with van der Waals surface area (Å²) in [7, 11) is 1.35. The first-order chi connectivity index (χ1) is 11.1. The number of benzene rings is 1. The Labute approximate surface area is 136 Å². The van der Waals surface area contributed by atoms with E-state index in [0.29, 0.717) is 25.3 Å². The molecule has 1 aromatic rings. The van der Waals surface area contributed by atoms with Gasteiger partial charge >= 0.3 is 5.97 Å². The Morgan fingerprint density at radius 3 is 2.78 bits per heavy atom. The zero-order valence-electron chi connectivity index (χ0n) is 13.6. The molecule has 3 aliphatic carbocycles. The molecule has 2 atom stereocenters. The maximum Gasteiger partial charge on any atom is 0.321 e. The highest BCUT2D eigenvalue weighted by Crippen LogP contribution is 2.60. The van der Waals surface area contributed by atoms with Crippen LogP contribution in [0.1, 0.15) is 43.2 Å². The van der Waals surface area contributed by atoms with Crippen molar-refractivity contribution in [1.82, 2.24) is 5.32 Å². The molecule has 1 amide bonds. The number of esters is 1. The second kappa shape index (κ2) is 5.08. The number of aryl methyl sites for hydroxylation is 1. The Balaban J connectivity index is 1.42. The summed E-state index contributed by atoms with van der Waals surface area (Å²) in [6, 6.07) is 8.73. The molecule has 2 saturated carbocycles. The molecule has 0 radical (unpaired) electrons. The number of hydrogen-bond acceptors (Lipinski definition) is 3. The second-order valence-electron chi connectivity index (χ2n) is 7.35. The number of amides is 1. The second-order valence-corrected chi connectivity index (χ2v) is 7.35. The van der Waals surface area contributed by atoms with Gasteiger partial charge < -0.3 is 10.1 Å². The van der Waals surface area contributed by atoms with E-state index < -0.39 is 5.41 Å². The van der Waals surface area contributed by atoms with E-state index in [0.717, 1.165) is 6.42 Å². The lowest BCUT2D eigenvalue weighted by Gasteiger charge is -2.27. The molecule has 3 aliphatic rings. The summed E-state index contributed by atoms with van der Waals surface area (Å²) >= 11 is 0. The van der Waals surface area contributed by atoms with E-state index in [4.69, 9.17) is 4.74 Å². The Morgan fingerprint density at radius 2 is 2.04 bits per heavy atom. The highest BCUT2D eigenvalue weighted by Gasteiger charge is 2.59. The maximum absolute atomic E-state index is 12.4. The largest absolute Gasteiger partial charge is 0.468 e. The van der Waals surface area contributed by atoms with Crippen LogP contribution < -0.4 is 5.32 Å². The molecule has 4 nitrogen and oxygen atoms in total. The Bertz CT molecular complexity index is 664. The van der Waals surface area contributed by atoms with Crippen LogP contribution in [-0.4, -0.2) is 25.5 Å². The van der Waals surface area contributed by atoms with Crippen LogP contribution in [0.2, 0.25) is 0 Å². The van der Waals surface area contributed by atoms with Crippen LogP contribution >= 0.6 is 0 Å². The van der Waals surface area contributed by atoms with Crippen LogP contribution in [0.4, 0.5) is 0 Å². The molecule has 23 heavy (non-hydrogen) atoms. The van der Waals surface area contributed by atoms with Gasteiger partial charge in [0.15, 0.2) is 0 Å². The van der Waals surface area contributed by atoms with Gasteiger partial charge in [0.05, 0.1) is 7.11 Å². The number of hydrogen-bond donors (Lipinski definition) is 1. The summed E-state index contributed by atoms with van der Waals surface area (Å²) in [6.45, 7) is 0.673. The number of methoxy groups -OCH3 is 1. The molecule has 0 heterocycles. The summed E-state index contributed by atoms with van der Waals surface area (Å²) < 4.78 is 4.78. The summed E-state index contributed by atoms with van der Waals surface area (Å²) in [5.74, 6) is -0.0274. The number of rotatable bonds is 4. The molecule has 1 spiro atoms. The smallest absolute Gasteiger partial charge is 0.321 e. The number of carbonyl (C=O) groups excluding carboxylic acids is 2. The van der Waals surface area contributed by atoms with Gasteiger partial charge in [0.25, 0.3) is 0 Å². The number of carbonyl (C=O) groups is 2. The predicted octanol–water partition coefficient (Wildman–Crippen LogP) is 2.35. The van der Waals surface area contributed by atoms with Crippen molar-refractivity contribution >= 4 is 11.9 Å². The number of fused-ring (bicyclic) bond motifs is 2. The topological polar surface area (TPSA) is 55.4 Å². The van der Waals surface area contributed by atoms with Crippen molar-refractivity contribution in [3.8, 4) is 0 Å². The summed E-state index contributed by atoms with van der Waals surface area (Å²) in [5, 5.41) is 3.03. The minimum atomic E-state index is -0.888. The molecule has 2 fully saturated rings. The van der Waals surface area contributed by atoms with E-state index in [1.165, 1.54) is 37.5 Å². The van der Waals surface area contributed by atoms with Crippen LogP contribution in [0.3, 0.4) is 0 Å². The lowest BCUT2D eigenvalue weighted by molar-refractivity contribution is -0.152. The van der Waals surface area contributed by atoms with E-state index in [-0.39, 0.29) is 17.3 Å². The molecule has 4 rings (SSSR count). The highest BCUT2D eigenvalue weighted by molar-refractivity contribution is 6.05. The molecule has 1 aromatic carbocycles. The monoisotopic (exact) mass is 313 g/mol. The molecule has 122 valence electrons. The van der Waals surface area contributed by atoms with Crippen LogP contribution in [0.5, 0.6) is 0 Å². The van der Waals surface area contributed by atoms with Gasteiger partial charge in [-0.15, -0.1) is 0 Å². The zero-order chi connectivity index (χ0) is 16.1. The van der Waals surface area contributed by atoms with E-state index in [9.17, 15) is 9.59 Å². The first kappa shape index (κ1) is 14.7. The first-order valence-electron chi connectivity index (χ1n) is 8.57. The normalized spacial score (nSPS) is 29.5. The third kappa shape index (κ3) is 2.19. The zero-order valence-corrected chi connectivity index (χ0v) is 13.6. The summed E-state index contributed by atoms with van der Waals surface area (Å²) in [6.07, 6.45) is 5.99. The lowest BCUT2D eigenvalue weighted by Crippen LogP contribution is -2.39. The molecule has 0 aromatic heterocycles. The molecule has 0 aliphatic heterocycles. The third-order valence-corrected chi connectivity index (χ3v) is 6.12. The number of nitrogens with one attached hydrogen (secondary N) is 1. The van der Waals surface area contributed by atoms with Gasteiger partial charge in [0, 0.05) is 12.0 Å². The van der Waals surface area contributed by atoms with Gasteiger partial charge in [-0.2, -0.15) is 0 Å². The SMILES string of the molecule is COC(=O)C1(C(=O)NCC2CC23CCCc2ccccc23)CC1. The van der Waals surface area contributed by atoms with E-state index >= 15 is 0 Å². The van der Waals surface area contributed by atoms with Crippen LogP contribution in [0.15, 0.2) is 24.3 Å². The Morgan fingerprint density at radius 1 is 1.26 bits per heavy atom. The van der Waals surface area contributed by atoms with Gasteiger partial charge in [0.1, 0.15) is 5.41 Å². The van der Waals surface area contributed by atoms with Crippen molar-refractivity contribution in [3.63, 3.8) is 0 Å². The molecule has 2 unspecified atom stereocenters. The molecule has 0 saturated heterocycles. The van der Waals surface area contributed by atoms with Crippen molar-refractivity contribution in [2.24, 2.45) is 11.3 Å². The fourth-order valence-corrected chi connectivity index (χ4v) is 4.47. The highest BCUT2D eigenvalue weighted by atomic mass is 16.5. The average Bonchev–Trinajstić information content (AvgIpc) is 3.49. The van der Waals surface area contributed by atoms with Crippen LogP contribution in [0.25, 0.3) is 0 Å². The van der Waals surface area contributed by atoms with E-state index in [1.807, 2.05) is 0 Å². The lowest BCUT2D eigenvalue weighted by atomic mass is 9.78. The molecule has 1 N–H and O–H groups in total. The van der Waals surface area contributed by atoms with Gasteiger partial charge in [0.2, 0.25) is 5.91 Å². The van der Waals surface area contributed by atoms with Crippen LogP contribution in [0, 0.1) is 11.3 Å². The Hall–Kier alpha value is -1.84. The molecule has 4 heteroatoms. The van der Waals surface area contributed by atoms with Gasteiger partial charge in [-0.3, -0.25) is 9.59 Å². The molecular formula is C19H23NO3. The van der Waals surface area contributed by atoms with Crippen molar-refractivity contribution in [1.29, 1.82) is 0 Å². The maximum atomic E-state index is 12.4. The van der Waals surface area contributed by atoms with Crippen molar-refractivity contribution in [3.05, 3.63) is 35.4 Å². The average molecular weight is 313 g/mol. The molecule has 0 bridgehead atoms. The fourth-order valence-electron chi connectivity index (χ4n) is 4.47. The van der Waals surface area contributed by atoms with E-state index in [2.05, 4.69) is 29.6 Å².